The number of nitrogens with one attached hydrogen (secondary N) is 1. The minimum Gasteiger partial charge on any atom is -0.345 e. The maximum Gasteiger partial charge on any atom is 0.253 e. The molecule has 202 valence electrons. The summed E-state index contributed by atoms with van der Waals surface area (Å²) in [5, 5.41) is 3.16. The number of carbonyl (C=O) groups is 1. The number of hydrogen-bond donors (Lipinski definition) is 1. The van der Waals surface area contributed by atoms with E-state index in [1.165, 1.54) is 28.6 Å². The number of hydrogen-bond acceptors (Lipinski definition) is 3. The Morgan fingerprint density at radius 3 is 2.42 bits per heavy atom. The van der Waals surface area contributed by atoms with Gasteiger partial charge in [0.1, 0.15) is 5.82 Å². The largest absolute Gasteiger partial charge is 0.345 e. The fraction of sp³-hybridized carbons (Fsp3) is 0.345. The van der Waals surface area contributed by atoms with Crippen LogP contribution in [0.25, 0.3) is 0 Å². The third kappa shape index (κ3) is 6.84. The lowest BCUT2D eigenvalue weighted by Crippen LogP contribution is -2.42. The summed E-state index contributed by atoms with van der Waals surface area (Å²) >= 11 is 9.63. The smallest absolute Gasteiger partial charge is 0.253 e. The molecule has 0 bridgehead atoms. The monoisotopic (exact) mass is 620 g/mol. The molecule has 0 saturated carbocycles. The summed E-state index contributed by atoms with van der Waals surface area (Å²) in [6.45, 7) is 4.97. The summed E-state index contributed by atoms with van der Waals surface area (Å²) in [5.74, 6) is -0.386. The summed E-state index contributed by atoms with van der Waals surface area (Å²) in [5.41, 5.74) is 1.90. The van der Waals surface area contributed by atoms with E-state index in [-0.39, 0.29) is 27.3 Å². The highest BCUT2D eigenvalue weighted by Gasteiger charge is 2.32. The zero-order valence-electron chi connectivity index (χ0n) is 21.3. The van der Waals surface area contributed by atoms with Crippen LogP contribution in [0.1, 0.15) is 54.2 Å². The number of nitrogens with zero attached hydrogens (tertiary/aromatic N) is 1. The third-order valence-electron chi connectivity index (χ3n) is 6.87. The van der Waals surface area contributed by atoms with E-state index >= 15 is 0 Å². The molecule has 9 heteroatoms. The Bertz CT molecular complexity index is 1390. The van der Waals surface area contributed by atoms with Crippen molar-refractivity contribution in [3.63, 3.8) is 0 Å². The first kappa shape index (κ1) is 28.7. The van der Waals surface area contributed by atoms with Crippen molar-refractivity contribution in [1.29, 1.82) is 0 Å². The van der Waals surface area contributed by atoms with Crippen LogP contribution in [0.4, 0.5) is 4.39 Å². The summed E-state index contributed by atoms with van der Waals surface area (Å²) in [6.07, 6.45) is 2.20. The minimum atomic E-state index is -3.79. The molecule has 1 aliphatic rings. The highest BCUT2D eigenvalue weighted by Crippen LogP contribution is 2.30. The van der Waals surface area contributed by atoms with Gasteiger partial charge in [-0.25, -0.2) is 12.8 Å². The Balaban J connectivity index is 1.60. The Morgan fingerprint density at radius 2 is 1.76 bits per heavy atom. The number of aryl methyl sites for hydroxylation is 1. The van der Waals surface area contributed by atoms with Gasteiger partial charge < -0.3 is 5.32 Å². The van der Waals surface area contributed by atoms with E-state index in [0.29, 0.717) is 30.4 Å². The van der Waals surface area contributed by atoms with Gasteiger partial charge in [-0.15, -0.1) is 0 Å². The van der Waals surface area contributed by atoms with Crippen LogP contribution in [0.2, 0.25) is 5.02 Å². The molecule has 1 N–H and O–H groups in total. The zero-order valence-corrected chi connectivity index (χ0v) is 24.5. The van der Waals surface area contributed by atoms with E-state index in [2.05, 4.69) is 21.2 Å². The van der Waals surface area contributed by atoms with E-state index in [4.69, 9.17) is 11.6 Å². The van der Waals surface area contributed by atoms with Crippen LogP contribution in [-0.2, 0) is 16.4 Å². The first-order valence-corrected chi connectivity index (χ1v) is 15.2. The lowest BCUT2D eigenvalue weighted by atomic mass is 9.94. The van der Waals surface area contributed by atoms with Crippen molar-refractivity contribution in [3.05, 3.63) is 98.7 Å². The molecular formula is C29H31BrClFN2O3S. The Kier molecular flexibility index (Phi) is 9.29. The normalized spacial score (nSPS) is 19.2. The molecule has 0 radical (unpaired) electrons. The maximum atomic E-state index is 13.9. The van der Waals surface area contributed by atoms with Crippen LogP contribution in [0.15, 0.2) is 76.1 Å². The lowest BCUT2D eigenvalue weighted by Gasteiger charge is -2.34. The van der Waals surface area contributed by atoms with Crippen molar-refractivity contribution in [2.45, 2.75) is 44.0 Å². The second kappa shape index (κ2) is 12.3. The molecule has 0 spiro atoms. The molecule has 3 aromatic carbocycles. The lowest BCUT2D eigenvalue weighted by molar-refractivity contribution is 0.0934. The van der Waals surface area contributed by atoms with Crippen LogP contribution in [-0.4, -0.2) is 31.7 Å². The van der Waals surface area contributed by atoms with Crippen LogP contribution < -0.4 is 5.32 Å². The van der Waals surface area contributed by atoms with Crippen molar-refractivity contribution in [2.75, 3.05) is 13.1 Å². The topological polar surface area (TPSA) is 66.5 Å². The van der Waals surface area contributed by atoms with Crippen LogP contribution in [0.3, 0.4) is 0 Å². The van der Waals surface area contributed by atoms with E-state index in [0.717, 1.165) is 17.5 Å². The fourth-order valence-electron chi connectivity index (χ4n) is 5.03. The second-order valence-electron chi connectivity index (χ2n) is 10.1. The van der Waals surface area contributed by atoms with Crippen molar-refractivity contribution in [3.8, 4) is 0 Å². The van der Waals surface area contributed by atoms with Gasteiger partial charge in [0, 0.05) is 13.1 Å². The number of rotatable bonds is 8. The van der Waals surface area contributed by atoms with Crippen LogP contribution in [0.5, 0.6) is 0 Å². The summed E-state index contributed by atoms with van der Waals surface area (Å²) in [6, 6.07) is 18.3. The quantitative estimate of drug-likeness (QED) is 0.294. The molecule has 1 heterocycles. The molecule has 3 unspecified atom stereocenters. The fourth-order valence-corrected chi connectivity index (χ4v) is 7.34. The first-order chi connectivity index (χ1) is 18.0. The molecular weight excluding hydrogens is 591 g/mol. The molecule has 38 heavy (non-hydrogen) atoms. The average Bonchev–Trinajstić information content (AvgIpc) is 2.88. The zero-order chi connectivity index (χ0) is 27.4. The molecule has 3 aromatic rings. The number of carbonyl (C=O) groups excluding carboxylic acids is 1. The van der Waals surface area contributed by atoms with E-state index < -0.39 is 27.8 Å². The van der Waals surface area contributed by atoms with Gasteiger partial charge >= 0.3 is 0 Å². The van der Waals surface area contributed by atoms with Gasteiger partial charge in [-0.3, -0.25) is 4.79 Å². The SMILES string of the molecule is CC1CC(C)CN(S(=O)(=O)c2ccc(Cl)c(C(=O)NC(CCc3ccccc3)c3ccc(F)c(Br)c3)c2)C1. The minimum absolute atomic E-state index is 0.0405. The van der Waals surface area contributed by atoms with Crippen molar-refractivity contribution in [1.82, 2.24) is 9.62 Å². The number of amides is 1. The van der Waals surface area contributed by atoms with Gasteiger partial charge in [0.15, 0.2) is 0 Å². The summed E-state index contributed by atoms with van der Waals surface area (Å²) in [7, 11) is -3.79. The molecule has 0 aliphatic carbocycles. The van der Waals surface area contributed by atoms with Gasteiger partial charge in [0.25, 0.3) is 5.91 Å². The van der Waals surface area contributed by atoms with Crippen LogP contribution in [0, 0.1) is 17.7 Å². The van der Waals surface area contributed by atoms with Gasteiger partial charge in [-0.2, -0.15) is 4.31 Å². The Labute approximate surface area is 237 Å². The predicted molar refractivity (Wildman–Crippen MR) is 152 cm³/mol. The van der Waals surface area contributed by atoms with Gasteiger partial charge in [0.2, 0.25) is 10.0 Å². The first-order valence-electron chi connectivity index (χ1n) is 12.6. The molecule has 1 amide bonds. The van der Waals surface area contributed by atoms with Gasteiger partial charge in [0.05, 0.1) is 26.0 Å². The van der Waals surface area contributed by atoms with Gasteiger partial charge in [-0.05, 0) is 88.5 Å². The highest BCUT2D eigenvalue weighted by molar-refractivity contribution is 9.10. The number of halogens is 3. The number of sulfonamides is 1. The molecule has 1 fully saturated rings. The van der Waals surface area contributed by atoms with E-state index in [9.17, 15) is 17.6 Å². The molecule has 3 atom stereocenters. The molecule has 0 aromatic heterocycles. The molecule has 5 nitrogen and oxygen atoms in total. The van der Waals surface area contributed by atoms with Crippen LogP contribution >= 0.6 is 27.5 Å². The number of benzene rings is 3. The summed E-state index contributed by atoms with van der Waals surface area (Å²) < 4.78 is 42.6. The van der Waals surface area contributed by atoms with Crippen molar-refractivity contribution in [2.24, 2.45) is 11.8 Å². The number of piperidine rings is 1. The molecule has 4 rings (SSSR count). The maximum absolute atomic E-state index is 13.9. The average molecular weight is 622 g/mol. The second-order valence-corrected chi connectivity index (χ2v) is 13.3. The predicted octanol–water partition coefficient (Wildman–Crippen LogP) is 7.01. The Morgan fingerprint density at radius 1 is 1.08 bits per heavy atom. The standard InChI is InChI=1S/C29H31BrClFN2O3S/c1-19-14-20(2)18-34(17-19)38(36,37)23-10-11-26(31)24(16-23)29(35)33-28(13-8-21-6-4-3-5-7-21)22-9-12-27(32)25(30)15-22/h3-7,9-12,15-16,19-20,28H,8,13-14,17-18H2,1-2H3,(H,33,35). The highest BCUT2D eigenvalue weighted by atomic mass is 79.9. The molecule has 1 aliphatic heterocycles. The van der Waals surface area contributed by atoms with E-state index in [1.54, 1.807) is 12.1 Å². The van der Waals surface area contributed by atoms with Crippen molar-refractivity contribution >= 4 is 43.5 Å². The van der Waals surface area contributed by atoms with E-state index in [1.807, 2.05) is 44.2 Å². The van der Waals surface area contributed by atoms with Crippen molar-refractivity contribution < 1.29 is 17.6 Å². The molecule has 1 saturated heterocycles. The third-order valence-corrected chi connectivity index (χ3v) is 9.64. The Hall–Kier alpha value is -2.26. The van der Waals surface area contributed by atoms with Gasteiger partial charge in [-0.1, -0.05) is 61.8 Å². The summed E-state index contributed by atoms with van der Waals surface area (Å²) in [4.78, 5) is 13.5.